The Bertz CT molecular complexity index is 262. The molecular formula is C12H19NO. The fourth-order valence-electron chi connectivity index (χ4n) is 2.34. The third-order valence-corrected chi connectivity index (χ3v) is 3.75. The van der Waals surface area contributed by atoms with Gasteiger partial charge < -0.3 is 0 Å². The van der Waals surface area contributed by atoms with Crippen LogP contribution in [0.5, 0.6) is 0 Å². The predicted octanol–water partition coefficient (Wildman–Crippen LogP) is 2.93. The van der Waals surface area contributed by atoms with Gasteiger partial charge in [-0.3, -0.25) is 4.79 Å². The van der Waals surface area contributed by atoms with Gasteiger partial charge >= 0.3 is 0 Å². The van der Waals surface area contributed by atoms with E-state index in [0.29, 0.717) is 18.8 Å². The number of nitrogens with zero attached hydrogens (tertiary/aromatic N) is 1. The van der Waals surface area contributed by atoms with Crippen LogP contribution in [-0.4, -0.2) is 5.78 Å². The van der Waals surface area contributed by atoms with Crippen LogP contribution in [0.25, 0.3) is 0 Å². The molecular weight excluding hydrogens is 174 g/mol. The second kappa shape index (κ2) is 4.13. The molecule has 78 valence electrons. The van der Waals surface area contributed by atoms with Gasteiger partial charge in [0.15, 0.2) is 0 Å². The molecule has 1 rings (SSSR count). The Morgan fingerprint density at radius 1 is 1.57 bits per heavy atom. The third kappa shape index (κ3) is 2.15. The zero-order chi connectivity index (χ0) is 10.8. The lowest BCUT2D eigenvalue weighted by Gasteiger charge is -2.38. The average Bonchev–Trinajstić information content (AvgIpc) is 2.17. The van der Waals surface area contributed by atoms with E-state index in [4.69, 9.17) is 5.26 Å². The lowest BCUT2D eigenvalue weighted by molar-refractivity contribution is -0.123. The Hall–Kier alpha value is -0.840. The predicted molar refractivity (Wildman–Crippen MR) is 55.5 cm³/mol. The van der Waals surface area contributed by atoms with Crippen molar-refractivity contribution >= 4 is 5.78 Å². The smallest absolute Gasteiger partial charge is 0.134 e. The first-order chi connectivity index (χ1) is 6.51. The molecule has 0 aliphatic heterocycles. The molecule has 0 N–H and O–H groups in total. The quantitative estimate of drug-likeness (QED) is 0.676. The summed E-state index contributed by atoms with van der Waals surface area (Å²) in [6, 6.07) is 2.30. The Morgan fingerprint density at radius 3 is 2.71 bits per heavy atom. The Labute approximate surface area is 86.3 Å². The summed E-state index contributed by atoms with van der Waals surface area (Å²) in [6.45, 7) is 6.57. The maximum atomic E-state index is 11.2. The van der Waals surface area contributed by atoms with Crippen molar-refractivity contribution in [2.75, 3.05) is 0 Å². The number of hydrogen-bond donors (Lipinski definition) is 0. The largest absolute Gasteiger partial charge is 0.300 e. The van der Waals surface area contributed by atoms with Crippen LogP contribution in [0.15, 0.2) is 0 Å². The van der Waals surface area contributed by atoms with E-state index in [9.17, 15) is 4.79 Å². The van der Waals surface area contributed by atoms with Crippen LogP contribution in [0.3, 0.4) is 0 Å². The zero-order valence-corrected chi connectivity index (χ0v) is 9.34. The maximum absolute atomic E-state index is 11.2. The third-order valence-electron chi connectivity index (χ3n) is 3.75. The van der Waals surface area contributed by atoms with Gasteiger partial charge in [0.05, 0.1) is 12.0 Å². The topological polar surface area (TPSA) is 40.9 Å². The number of carbonyl (C=O) groups excluding carboxylic acids is 1. The minimum absolute atomic E-state index is 0.0498. The van der Waals surface area contributed by atoms with Crippen LogP contribution in [0.4, 0.5) is 0 Å². The molecule has 0 heterocycles. The van der Waals surface area contributed by atoms with Crippen molar-refractivity contribution in [3.63, 3.8) is 0 Å². The van der Waals surface area contributed by atoms with Gasteiger partial charge in [-0.15, -0.1) is 0 Å². The average molecular weight is 193 g/mol. The Morgan fingerprint density at radius 2 is 2.21 bits per heavy atom. The molecule has 1 aliphatic rings. The lowest BCUT2D eigenvalue weighted by atomic mass is 9.64. The minimum atomic E-state index is -0.0498. The number of carbonyl (C=O) groups is 1. The van der Waals surface area contributed by atoms with Crippen molar-refractivity contribution in [1.29, 1.82) is 5.26 Å². The summed E-state index contributed by atoms with van der Waals surface area (Å²) in [4.78, 5) is 11.2. The molecule has 0 saturated heterocycles. The molecule has 2 unspecified atom stereocenters. The summed E-state index contributed by atoms with van der Waals surface area (Å²) in [5.41, 5.74) is 0.196. The molecule has 0 spiro atoms. The molecule has 14 heavy (non-hydrogen) atoms. The highest BCUT2D eigenvalue weighted by Gasteiger charge is 2.38. The molecule has 2 atom stereocenters. The van der Waals surface area contributed by atoms with Gasteiger partial charge in [-0.1, -0.05) is 27.2 Å². The van der Waals surface area contributed by atoms with Crippen molar-refractivity contribution in [3.05, 3.63) is 0 Å². The number of hydrogen-bond acceptors (Lipinski definition) is 2. The Balaban J connectivity index is 2.78. The highest BCUT2D eigenvalue weighted by atomic mass is 16.1. The van der Waals surface area contributed by atoms with Gasteiger partial charge in [-0.25, -0.2) is 0 Å². The summed E-state index contributed by atoms with van der Waals surface area (Å²) >= 11 is 0. The van der Waals surface area contributed by atoms with E-state index in [1.807, 2.05) is 0 Å². The summed E-state index contributed by atoms with van der Waals surface area (Å²) in [7, 11) is 0. The summed E-state index contributed by atoms with van der Waals surface area (Å²) in [5.74, 6) is 0.612. The first-order valence-electron chi connectivity index (χ1n) is 5.42. The molecule has 1 saturated carbocycles. The van der Waals surface area contributed by atoms with Crippen molar-refractivity contribution < 1.29 is 4.79 Å². The molecule has 1 fully saturated rings. The standard InChI is InChI=1S/C12H19NO/c1-4-12(2,3)11-6-5-10(14)7-9(11)8-13/h9,11H,4-7H2,1-3H3. The molecule has 0 radical (unpaired) electrons. The molecule has 0 aromatic rings. The van der Waals surface area contributed by atoms with Crippen molar-refractivity contribution in [2.24, 2.45) is 17.3 Å². The second-order valence-electron chi connectivity index (χ2n) is 4.97. The molecule has 2 heteroatoms. The van der Waals surface area contributed by atoms with E-state index in [1.54, 1.807) is 0 Å². The van der Waals surface area contributed by atoms with Crippen LogP contribution < -0.4 is 0 Å². The number of nitriles is 1. The van der Waals surface area contributed by atoms with Crippen LogP contribution in [0.2, 0.25) is 0 Å². The number of ketones is 1. The fraction of sp³-hybridized carbons (Fsp3) is 0.833. The van der Waals surface area contributed by atoms with E-state index < -0.39 is 0 Å². The highest BCUT2D eigenvalue weighted by molar-refractivity contribution is 5.79. The molecule has 1 aliphatic carbocycles. The van der Waals surface area contributed by atoms with Crippen LogP contribution in [0, 0.1) is 28.6 Å². The van der Waals surface area contributed by atoms with Gasteiger partial charge in [0, 0.05) is 12.8 Å². The summed E-state index contributed by atoms with van der Waals surface area (Å²) in [6.07, 6.45) is 3.12. The van der Waals surface area contributed by atoms with Crippen LogP contribution >= 0.6 is 0 Å². The maximum Gasteiger partial charge on any atom is 0.134 e. The number of Topliss-reactive ketones (excluding diaryl/α,β-unsaturated/α-hetero) is 1. The normalized spacial score (nSPS) is 28.6. The van der Waals surface area contributed by atoms with Crippen LogP contribution in [0.1, 0.15) is 46.5 Å². The first kappa shape index (κ1) is 11.2. The van der Waals surface area contributed by atoms with E-state index >= 15 is 0 Å². The molecule has 0 amide bonds. The highest BCUT2D eigenvalue weighted by Crippen LogP contribution is 2.42. The summed E-state index contributed by atoms with van der Waals surface area (Å²) < 4.78 is 0. The monoisotopic (exact) mass is 193 g/mol. The van der Waals surface area contributed by atoms with E-state index in [2.05, 4.69) is 26.8 Å². The van der Waals surface area contributed by atoms with E-state index in [-0.39, 0.29) is 17.1 Å². The van der Waals surface area contributed by atoms with E-state index in [1.165, 1.54) is 0 Å². The van der Waals surface area contributed by atoms with Gasteiger partial charge in [0.1, 0.15) is 5.78 Å². The van der Waals surface area contributed by atoms with Gasteiger partial charge in [-0.05, 0) is 17.8 Å². The van der Waals surface area contributed by atoms with Crippen molar-refractivity contribution in [3.8, 4) is 6.07 Å². The molecule has 0 aromatic carbocycles. The summed E-state index contributed by atoms with van der Waals surface area (Å²) in [5, 5.41) is 9.04. The van der Waals surface area contributed by atoms with Gasteiger partial charge in [0.2, 0.25) is 0 Å². The first-order valence-corrected chi connectivity index (χ1v) is 5.42. The van der Waals surface area contributed by atoms with Crippen molar-refractivity contribution in [1.82, 2.24) is 0 Å². The second-order valence-corrected chi connectivity index (χ2v) is 4.97. The van der Waals surface area contributed by atoms with Gasteiger partial charge in [-0.2, -0.15) is 5.26 Å². The zero-order valence-electron chi connectivity index (χ0n) is 9.34. The minimum Gasteiger partial charge on any atom is -0.300 e. The SMILES string of the molecule is CCC(C)(C)C1CCC(=O)CC1C#N. The fourth-order valence-corrected chi connectivity index (χ4v) is 2.34. The van der Waals surface area contributed by atoms with Gasteiger partial charge in [0.25, 0.3) is 0 Å². The number of rotatable bonds is 2. The Kier molecular flexibility index (Phi) is 3.31. The lowest BCUT2D eigenvalue weighted by Crippen LogP contribution is -2.34. The molecule has 0 bridgehead atoms. The molecule has 2 nitrogen and oxygen atoms in total. The van der Waals surface area contributed by atoms with Crippen molar-refractivity contribution in [2.45, 2.75) is 46.5 Å². The van der Waals surface area contributed by atoms with E-state index in [0.717, 1.165) is 12.8 Å². The van der Waals surface area contributed by atoms with Crippen LogP contribution in [-0.2, 0) is 4.79 Å². The molecule has 0 aromatic heterocycles.